The van der Waals surface area contributed by atoms with Crippen molar-refractivity contribution in [1.82, 2.24) is 9.55 Å². The van der Waals surface area contributed by atoms with Crippen LogP contribution in [0, 0.1) is 5.92 Å². The van der Waals surface area contributed by atoms with Crippen LogP contribution < -0.4 is 15.6 Å². The van der Waals surface area contributed by atoms with Gasteiger partial charge in [0.1, 0.15) is 27.6 Å². The molecule has 1 aliphatic rings. The maximum Gasteiger partial charge on any atom is 0.286 e. The van der Waals surface area contributed by atoms with Gasteiger partial charge in [-0.2, -0.15) is 8.42 Å². The van der Waals surface area contributed by atoms with Crippen LogP contribution in [-0.4, -0.2) is 36.0 Å². The monoisotopic (exact) mass is 442 g/mol. The zero-order chi connectivity index (χ0) is 22.3. The van der Waals surface area contributed by atoms with Crippen molar-refractivity contribution < 1.29 is 18.3 Å². The summed E-state index contributed by atoms with van der Waals surface area (Å²) in [6, 6.07) is 7.73. The molecule has 1 aliphatic heterocycles. The first kappa shape index (κ1) is 20.9. The molecule has 162 valence electrons. The number of methoxy groups -OCH3 is 1. The second-order valence-electron chi connectivity index (χ2n) is 7.64. The van der Waals surface area contributed by atoms with Crippen LogP contribution in [0.3, 0.4) is 0 Å². The Morgan fingerprint density at radius 1 is 1.26 bits per heavy atom. The molecule has 31 heavy (non-hydrogen) atoms. The summed E-state index contributed by atoms with van der Waals surface area (Å²) in [7, 11) is -2.70. The molecule has 0 fully saturated rings. The van der Waals surface area contributed by atoms with Crippen molar-refractivity contribution in [2.45, 2.75) is 31.7 Å². The zero-order valence-electron chi connectivity index (χ0n) is 17.3. The minimum Gasteiger partial charge on any atom is -0.506 e. The molecule has 9 nitrogen and oxygen atoms in total. The highest BCUT2D eigenvalue weighted by atomic mass is 32.2. The van der Waals surface area contributed by atoms with Crippen molar-refractivity contribution in [2.75, 3.05) is 12.4 Å². The van der Waals surface area contributed by atoms with Crippen LogP contribution in [0.2, 0.25) is 0 Å². The molecule has 0 unspecified atom stereocenters. The summed E-state index contributed by atoms with van der Waals surface area (Å²) < 4.78 is 36.0. The molecular formula is C21H22N4O5S. The second-order valence-corrected chi connectivity index (χ2v) is 9.21. The number of anilines is 1. The first-order valence-electron chi connectivity index (χ1n) is 9.74. The Morgan fingerprint density at radius 2 is 2.03 bits per heavy atom. The fraction of sp³-hybridized carbons (Fsp3) is 0.286. The summed E-state index contributed by atoms with van der Waals surface area (Å²) >= 11 is 0. The van der Waals surface area contributed by atoms with Crippen molar-refractivity contribution in [3.05, 3.63) is 52.4 Å². The van der Waals surface area contributed by atoms with Crippen molar-refractivity contribution in [1.29, 1.82) is 0 Å². The molecule has 10 heteroatoms. The molecule has 3 heterocycles. The fourth-order valence-corrected chi connectivity index (χ4v) is 4.58. The predicted molar refractivity (Wildman–Crippen MR) is 117 cm³/mol. The number of hydrogen-bond donors (Lipinski definition) is 2. The van der Waals surface area contributed by atoms with Crippen LogP contribution >= 0.6 is 0 Å². The van der Waals surface area contributed by atoms with Crippen molar-refractivity contribution >= 4 is 32.6 Å². The minimum absolute atomic E-state index is 0.0716. The lowest BCUT2D eigenvalue weighted by Gasteiger charge is -2.21. The highest BCUT2D eigenvalue weighted by molar-refractivity contribution is 7.90. The standard InChI is InChI=1S/C21H22N4O5S/c1-12(2)8-10-25-20-14(5-4-9-22-20)18(26)17(21(25)27)19-23-15-7-6-13(30-3)11-16(15)31(28,29)24-19/h4-7,9,11-12,26H,8,10H2,1-3H3,(H,23,24). The van der Waals surface area contributed by atoms with Crippen LogP contribution in [0.1, 0.15) is 25.8 Å². The number of sulfonamides is 1. The number of aromatic hydroxyl groups is 1. The van der Waals surface area contributed by atoms with Gasteiger partial charge in [0.2, 0.25) is 0 Å². The number of nitrogens with zero attached hydrogens (tertiary/aromatic N) is 3. The molecule has 2 N–H and O–H groups in total. The Hall–Kier alpha value is -3.40. The number of ether oxygens (including phenoxy) is 1. The van der Waals surface area contributed by atoms with E-state index in [1.54, 1.807) is 18.2 Å². The highest BCUT2D eigenvalue weighted by Gasteiger charge is 2.30. The number of pyridine rings is 2. The number of amidine groups is 1. The summed E-state index contributed by atoms with van der Waals surface area (Å²) in [5.41, 5.74) is -0.208. The molecule has 0 amide bonds. The van der Waals surface area contributed by atoms with Gasteiger partial charge in [0.25, 0.3) is 15.6 Å². The molecule has 2 aromatic heterocycles. The maximum absolute atomic E-state index is 13.4. The maximum atomic E-state index is 13.4. The zero-order valence-corrected chi connectivity index (χ0v) is 18.1. The van der Waals surface area contributed by atoms with Gasteiger partial charge in [-0.25, -0.2) is 4.98 Å². The highest BCUT2D eigenvalue weighted by Crippen LogP contribution is 2.34. The van der Waals surface area contributed by atoms with Crippen molar-refractivity contribution in [3.63, 3.8) is 0 Å². The molecule has 0 bridgehead atoms. The number of hydrogen-bond acceptors (Lipinski definition) is 7. The molecule has 4 rings (SSSR count). The number of rotatable bonds is 5. The molecule has 1 aromatic carbocycles. The van der Waals surface area contributed by atoms with E-state index in [0.29, 0.717) is 35.7 Å². The molecule has 0 radical (unpaired) electrons. The Balaban J connectivity index is 1.95. The van der Waals surface area contributed by atoms with Crippen molar-refractivity contribution in [3.8, 4) is 11.5 Å². The molecular weight excluding hydrogens is 420 g/mol. The summed E-state index contributed by atoms with van der Waals surface area (Å²) in [5.74, 6) is 0.0882. The van der Waals surface area contributed by atoms with E-state index >= 15 is 0 Å². The summed E-state index contributed by atoms with van der Waals surface area (Å²) in [5, 5.41) is 14.1. The van der Waals surface area contributed by atoms with E-state index in [9.17, 15) is 18.3 Å². The Morgan fingerprint density at radius 3 is 2.74 bits per heavy atom. The quantitative estimate of drug-likeness (QED) is 0.623. The van der Waals surface area contributed by atoms with Crippen LogP contribution in [0.4, 0.5) is 5.69 Å². The molecule has 0 saturated carbocycles. The number of nitrogens with one attached hydrogen (secondary N) is 1. The van der Waals surface area contributed by atoms with Gasteiger partial charge in [0, 0.05) is 18.8 Å². The predicted octanol–water partition coefficient (Wildman–Crippen LogP) is 2.72. The fourth-order valence-electron chi connectivity index (χ4n) is 3.45. The second kappa shape index (κ2) is 7.69. The van der Waals surface area contributed by atoms with Crippen molar-refractivity contribution in [2.24, 2.45) is 10.3 Å². The third-order valence-electron chi connectivity index (χ3n) is 5.09. The van der Waals surface area contributed by atoms with Gasteiger partial charge >= 0.3 is 0 Å². The van der Waals surface area contributed by atoms with Gasteiger partial charge in [0.05, 0.1) is 18.2 Å². The molecule has 0 atom stereocenters. The largest absolute Gasteiger partial charge is 0.506 e. The van der Waals surface area contributed by atoms with Gasteiger partial charge in [-0.3, -0.25) is 9.36 Å². The van der Waals surface area contributed by atoms with Gasteiger partial charge in [0.15, 0.2) is 5.84 Å². The lowest BCUT2D eigenvalue weighted by atomic mass is 10.1. The molecule has 0 spiro atoms. The number of aromatic nitrogens is 2. The van der Waals surface area contributed by atoms with E-state index in [1.165, 1.54) is 30.0 Å². The topological polar surface area (TPSA) is 123 Å². The molecule has 3 aromatic rings. The molecule has 0 saturated heterocycles. The minimum atomic E-state index is -4.13. The Labute approximate surface area is 179 Å². The lowest BCUT2D eigenvalue weighted by molar-refractivity contribution is 0.413. The summed E-state index contributed by atoms with van der Waals surface area (Å²) in [6.45, 7) is 4.43. The smallest absolute Gasteiger partial charge is 0.286 e. The van der Waals surface area contributed by atoms with E-state index in [1.807, 2.05) is 13.8 Å². The number of aryl methyl sites for hydroxylation is 1. The van der Waals surface area contributed by atoms with E-state index in [0.717, 1.165) is 0 Å². The van der Waals surface area contributed by atoms with Crippen LogP contribution in [-0.2, 0) is 16.6 Å². The van der Waals surface area contributed by atoms with E-state index in [4.69, 9.17) is 4.74 Å². The van der Waals surface area contributed by atoms with E-state index in [2.05, 4.69) is 14.7 Å². The summed E-state index contributed by atoms with van der Waals surface area (Å²) in [4.78, 5) is 17.6. The van der Waals surface area contributed by atoms with E-state index < -0.39 is 15.6 Å². The number of fused-ring (bicyclic) bond motifs is 2. The van der Waals surface area contributed by atoms with Gasteiger partial charge in [-0.15, -0.1) is 4.40 Å². The Kier molecular flexibility index (Phi) is 5.18. The van der Waals surface area contributed by atoms with Crippen LogP contribution in [0.5, 0.6) is 11.5 Å². The average molecular weight is 442 g/mol. The summed E-state index contributed by atoms with van der Waals surface area (Å²) in [6.07, 6.45) is 2.24. The third kappa shape index (κ3) is 3.63. The lowest BCUT2D eigenvalue weighted by Crippen LogP contribution is -2.33. The van der Waals surface area contributed by atoms with Crippen LogP contribution in [0.25, 0.3) is 11.0 Å². The van der Waals surface area contributed by atoms with Gasteiger partial charge in [-0.1, -0.05) is 13.8 Å². The molecule has 0 aliphatic carbocycles. The Bertz CT molecular complexity index is 1380. The van der Waals surface area contributed by atoms with Gasteiger partial charge < -0.3 is 15.2 Å². The first-order chi connectivity index (χ1) is 14.7. The first-order valence-corrected chi connectivity index (χ1v) is 11.2. The average Bonchev–Trinajstić information content (AvgIpc) is 2.73. The normalized spacial score (nSPS) is 14.8. The third-order valence-corrected chi connectivity index (χ3v) is 6.41. The van der Waals surface area contributed by atoms with E-state index in [-0.39, 0.29) is 27.7 Å². The number of benzene rings is 1. The van der Waals surface area contributed by atoms with Gasteiger partial charge in [-0.05, 0) is 36.6 Å². The SMILES string of the molecule is COc1ccc2c(c1)S(=O)(=O)N=C(c1c(O)c3cccnc3n(CCC(C)C)c1=O)N2. The van der Waals surface area contributed by atoms with Crippen LogP contribution in [0.15, 0.2) is 50.6 Å².